The van der Waals surface area contributed by atoms with Gasteiger partial charge in [0.15, 0.2) is 0 Å². The molecule has 1 saturated carbocycles. The minimum Gasteiger partial charge on any atom is -0.493 e. The minimum atomic E-state index is -0.315. The molecule has 1 aliphatic carbocycles. The molecule has 1 unspecified atom stereocenters. The third-order valence-corrected chi connectivity index (χ3v) is 5.15. The molecule has 0 radical (unpaired) electrons. The Hall–Kier alpha value is -2.60. The van der Waals surface area contributed by atoms with Crippen LogP contribution in [0.3, 0.4) is 0 Å². The Labute approximate surface area is 164 Å². The fourth-order valence-corrected chi connectivity index (χ4v) is 3.31. The van der Waals surface area contributed by atoms with Gasteiger partial charge in [0.25, 0.3) is 0 Å². The van der Waals surface area contributed by atoms with Crippen LogP contribution in [-0.2, 0) is 11.3 Å². The van der Waals surface area contributed by atoms with Crippen LogP contribution in [0, 0.1) is 11.7 Å². The van der Waals surface area contributed by atoms with Crippen molar-refractivity contribution in [1.29, 1.82) is 0 Å². The number of benzene rings is 2. The summed E-state index contributed by atoms with van der Waals surface area (Å²) in [5.74, 6) is 1.20. The second-order valence-electron chi connectivity index (χ2n) is 7.38. The first-order valence-electron chi connectivity index (χ1n) is 9.79. The fraction of sp³-hybridized carbons (Fsp3) is 0.409. The van der Waals surface area contributed by atoms with Gasteiger partial charge in [0.2, 0.25) is 0 Å². The van der Waals surface area contributed by atoms with Crippen LogP contribution in [0.2, 0.25) is 0 Å². The van der Waals surface area contributed by atoms with Gasteiger partial charge < -0.3 is 19.7 Å². The number of halogens is 1. The number of carbonyl (C=O) groups is 1. The number of hydrogen-bond acceptors (Lipinski definition) is 3. The van der Waals surface area contributed by atoms with Gasteiger partial charge in [0.1, 0.15) is 17.7 Å². The summed E-state index contributed by atoms with van der Waals surface area (Å²) in [6.07, 6.45) is 2.16. The molecule has 2 aliphatic rings. The average Bonchev–Trinajstić information content (AvgIpc) is 3.56. The van der Waals surface area contributed by atoms with Gasteiger partial charge in [-0.3, -0.25) is 0 Å². The zero-order valence-electron chi connectivity index (χ0n) is 15.8. The highest BCUT2D eigenvalue weighted by Gasteiger charge is 2.26. The van der Waals surface area contributed by atoms with E-state index in [1.165, 1.54) is 25.0 Å². The van der Waals surface area contributed by atoms with Gasteiger partial charge in [-0.2, -0.15) is 0 Å². The van der Waals surface area contributed by atoms with Crippen LogP contribution in [0.4, 0.5) is 9.18 Å². The third kappa shape index (κ3) is 4.81. The monoisotopic (exact) mass is 384 g/mol. The highest BCUT2D eigenvalue weighted by Crippen LogP contribution is 2.30. The molecule has 1 N–H and O–H groups in total. The maximum atomic E-state index is 13.5. The summed E-state index contributed by atoms with van der Waals surface area (Å²) in [4.78, 5) is 14.4. The molecule has 1 heterocycles. The topological polar surface area (TPSA) is 50.8 Å². The Morgan fingerprint density at radius 1 is 1.21 bits per heavy atom. The number of nitrogens with zero attached hydrogens (tertiary/aromatic N) is 1. The number of para-hydroxylation sites is 1. The van der Waals surface area contributed by atoms with E-state index < -0.39 is 0 Å². The lowest BCUT2D eigenvalue weighted by Crippen LogP contribution is -2.47. The van der Waals surface area contributed by atoms with E-state index in [0.29, 0.717) is 32.2 Å². The Bertz CT molecular complexity index is 825. The van der Waals surface area contributed by atoms with E-state index in [1.807, 2.05) is 30.3 Å². The zero-order valence-corrected chi connectivity index (χ0v) is 15.8. The molecule has 148 valence electrons. The molecule has 1 saturated heterocycles. The predicted octanol–water partition coefficient (Wildman–Crippen LogP) is 3.90. The number of urea groups is 1. The van der Waals surface area contributed by atoms with Crippen LogP contribution in [0.1, 0.15) is 30.1 Å². The van der Waals surface area contributed by atoms with Crippen LogP contribution in [0.15, 0.2) is 48.5 Å². The van der Waals surface area contributed by atoms with E-state index in [2.05, 4.69) is 5.32 Å². The molecule has 6 heteroatoms. The van der Waals surface area contributed by atoms with Gasteiger partial charge in [-0.05, 0) is 42.5 Å². The van der Waals surface area contributed by atoms with Crippen LogP contribution in [0.25, 0.3) is 0 Å². The Kier molecular flexibility index (Phi) is 5.76. The highest BCUT2D eigenvalue weighted by molar-refractivity contribution is 5.74. The van der Waals surface area contributed by atoms with Crippen molar-refractivity contribution in [3.8, 4) is 5.75 Å². The maximum Gasteiger partial charge on any atom is 0.317 e. The lowest BCUT2D eigenvalue weighted by Gasteiger charge is -2.33. The van der Waals surface area contributed by atoms with Gasteiger partial charge >= 0.3 is 6.03 Å². The molecule has 5 nitrogen and oxygen atoms in total. The molecule has 2 aromatic carbocycles. The summed E-state index contributed by atoms with van der Waals surface area (Å²) in [6, 6.07) is 14.0. The van der Waals surface area contributed by atoms with Gasteiger partial charge in [-0.1, -0.05) is 30.3 Å². The van der Waals surface area contributed by atoms with Crippen LogP contribution in [0.5, 0.6) is 5.75 Å². The normalized spacial score (nSPS) is 19.3. The number of morpholine rings is 1. The van der Waals surface area contributed by atoms with Gasteiger partial charge in [-0.25, -0.2) is 9.18 Å². The van der Waals surface area contributed by atoms with E-state index in [4.69, 9.17) is 9.47 Å². The van der Waals surface area contributed by atoms with Crippen LogP contribution >= 0.6 is 0 Å². The Morgan fingerprint density at radius 3 is 2.89 bits per heavy atom. The Balaban J connectivity index is 1.33. The van der Waals surface area contributed by atoms with Crippen molar-refractivity contribution in [2.45, 2.75) is 25.5 Å². The van der Waals surface area contributed by atoms with Gasteiger partial charge in [-0.15, -0.1) is 0 Å². The van der Waals surface area contributed by atoms with Crippen molar-refractivity contribution in [2.24, 2.45) is 5.92 Å². The van der Waals surface area contributed by atoms with Crippen LogP contribution in [-0.4, -0.2) is 37.2 Å². The lowest BCUT2D eigenvalue weighted by atomic mass is 10.1. The number of carbonyl (C=O) groups excluding carboxylic acids is 1. The molecule has 0 bridgehead atoms. The largest absolute Gasteiger partial charge is 0.493 e. The number of amides is 2. The first kappa shape index (κ1) is 18.7. The molecule has 2 fully saturated rings. The van der Waals surface area contributed by atoms with Crippen molar-refractivity contribution in [2.75, 3.05) is 26.3 Å². The van der Waals surface area contributed by atoms with Crippen molar-refractivity contribution in [1.82, 2.24) is 10.2 Å². The lowest BCUT2D eigenvalue weighted by molar-refractivity contribution is -0.0156. The quantitative estimate of drug-likeness (QED) is 0.822. The number of ether oxygens (including phenoxy) is 2. The molecule has 1 aliphatic heterocycles. The van der Waals surface area contributed by atoms with Gasteiger partial charge in [0.05, 0.1) is 19.8 Å². The molecular formula is C22H25FN2O3. The second-order valence-corrected chi connectivity index (χ2v) is 7.38. The molecule has 0 spiro atoms. The first-order chi connectivity index (χ1) is 13.7. The SMILES string of the molecule is O=C(NCc1ccccc1OCC1CC1)N1CCOC(c2cccc(F)c2)C1. The van der Waals surface area contributed by atoms with Crippen molar-refractivity contribution in [3.63, 3.8) is 0 Å². The van der Waals surface area contributed by atoms with Gasteiger partial charge in [0, 0.05) is 18.7 Å². The van der Waals surface area contributed by atoms with E-state index >= 15 is 0 Å². The molecule has 28 heavy (non-hydrogen) atoms. The van der Waals surface area contributed by atoms with Crippen molar-refractivity contribution < 1.29 is 18.7 Å². The van der Waals surface area contributed by atoms with E-state index in [9.17, 15) is 9.18 Å². The van der Waals surface area contributed by atoms with Crippen molar-refractivity contribution in [3.05, 3.63) is 65.5 Å². The molecule has 1 atom stereocenters. The fourth-order valence-electron chi connectivity index (χ4n) is 3.31. The number of rotatable bonds is 6. The summed E-state index contributed by atoms with van der Waals surface area (Å²) < 4.78 is 25.1. The smallest absolute Gasteiger partial charge is 0.317 e. The summed E-state index contributed by atoms with van der Waals surface area (Å²) in [7, 11) is 0. The molecule has 2 aromatic rings. The minimum absolute atomic E-state index is 0.151. The second kappa shape index (κ2) is 8.61. The van der Waals surface area contributed by atoms with E-state index in [1.54, 1.807) is 11.0 Å². The van der Waals surface area contributed by atoms with E-state index in [0.717, 1.165) is 23.5 Å². The number of nitrogens with one attached hydrogen (secondary N) is 1. The summed E-state index contributed by atoms with van der Waals surface area (Å²) in [6.45, 7) is 2.48. The summed E-state index contributed by atoms with van der Waals surface area (Å²) in [5, 5.41) is 2.97. The van der Waals surface area contributed by atoms with Crippen LogP contribution < -0.4 is 10.1 Å². The van der Waals surface area contributed by atoms with Crippen molar-refractivity contribution >= 4 is 6.03 Å². The van der Waals surface area contributed by atoms with E-state index in [-0.39, 0.29) is 18.0 Å². The molecular weight excluding hydrogens is 359 g/mol. The highest BCUT2D eigenvalue weighted by atomic mass is 19.1. The zero-order chi connectivity index (χ0) is 19.3. The summed E-state index contributed by atoms with van der Waals surface area (Å²) >= 11 is 0. The first-order valence-corrected chi connectivity index (χ1v) is 9.79. The number of hydrogen-bond donors (Lipinski definition) is 1. The third-order valence-electron chi connectivity index (χ3n) is 5.15. The average molecular weight is 384 g/mol. The molecule has 0 aromatic heterocycles. The maximum absolute atomic E-state index is 13.5. The molecule has 2 amide bonds. The molecule has 4 rings (SSSR count). The summed E-state index contributed by atoms with van der Waals surface area (Å²) in [5.41, 5.74) is 1.71. The standard InChI is InChI=1S/C22H25FN2O3/c23-19-6-3-5-17(12-19)21-14-25(10-11-27-21)22(26)24-13-18-4-1-2-7-20(18)28-15-16-8-9-16/h1-7,12,16,21H,8-11,13-15H2,(H,24,26). The Morgan fingerprint density at radius 2 is 2.07 bits per heavy atom. The predicted molar refractivity (Wildman–Crippen MR) is 104 cm³/mol.